The molecule has 0 aromatic heterocycles. The molecule has 0 bridgehead atoms. The van der Waals surface area contributed by atoms with Crippen molar-refractivity contribution < 1.29 is 52.9 Å². The first-order chi connectivity index (χ1) is 34.0. The minimum Gasteiger partial charge on any atom is -0.493 e. The number of unbranched alkanes of at least 4 members (excludes halogenated alkanes) is 2. The normalized spacial score (nSPS) is 13.4. The minimum absolute atomic E-state index is 0.0378. The lowest BCUT2D eigenvalue weighted by molar-refractivity contribution is -0.142. The molecule has 72 heavy (non-hydrogen) atoms. The van der Waals surface area contributed by atoms with Gasteiger partial charge < -0.3 is 57.0 Å². The van der Waals surface area contributed by atoms with Crippen LogP contribution in [0.3, 0.4) is 0 Å². The number of alkyl carbamates (subject to hydrolysis) is 1. The lowest BCUT2D eigenvalue weighted by atomic mass is 10.0. The standard InChI is InChI=1S/C54H79N7O11/c1-10-11-14-37-16-20-39(21-17-37)40-22-24-41(25-23-40)48(63)56-30-28-45(62)58-43(15-12-13-29-57-53(69)72-54(7,8)9)49(64)60-46(36(6)70-32-34(2)3)50(65)61-47(55)51(66)59-44(52(67)68)31-38-18-26-42(27-19-38)71-33-35(4)5/h16-27,34-36,43-44,46-47H,10-15,28-33,55H2,1-9H3,(H,56,63)(H,57,69)(H,58,62)(H,59,66)(H,60,64)(H,61,65)(H,67,68)/t36-,43+,44+,46+,47-/m1/s1. The molecule has 0 saturated carbocycles. The maximum atomic E-state index is 14.1. The molecule has 3 rings (SSSR count). The van der Waals surface area contributed by atoms with E-state index in [1.807, 2.05) is 39.8 Å². The minimum atomic E-state index is -1.74. The number of carbonyl (C=O) groups is 7. The second kappa shape index (κ2) is 30.4. The number of nitrogens with two attached hydrogens (primary N) is 1. The number of rotatable bonds is 30. The average molecular weight is 1000 g/mol. The van der Waals surface area contributed by atoms with E-state index in [0.29, 0.717) is 42.2 Å². The van der Waals surface area contributed by atoms with Gasteiger partial charge in [0.05, 0.1) is 12.7 Å². The summed E-state index contributed by atoms with van der Waals surface area (Å²) < 4.78 is 16.9. The maximum absolute atomic E-state index is 14.1. The SMILES string of the molecule is CCCCc1ccc(-c2ccc(C(=O)NCCC(=O)N[C@@H](CCCCNC(=O)OC(C)(C)C)C(=O)N[C@H](C(=O)N[C@@H](N)C(=O)N[C@@H](Cc3ccc(OCC(C)C)cc3)C(=O)O)[C@@H](C)OCC(C)C)cc2)cc1. The molecule has 0 aliphatic carbocycles. The lowest BCUT2D eigenvalue weighted by Crippen LogP contribution is -2.62. The van der Waals surface area contributed by atoms with E-state index in [2.05, 4.69) is 63.1 Å². The highest BCUT2D eigenvalue weighted by Gasteiger charge is 2.34. The number of hydrogen-bond donors (Lipinski definition) is 8. The van der Waals surface area contributed by atoms with E-state index in [9.17, 15) is 38.7 Å². The van der Waals surface area contributed by atoms with Crippen LogP contribution in [0.2, 0.25) is 0 Å². The molecule has 3 aromatic rings. The van der Waals surface area contributed by atoms with Crippen molar-refractivity contribution in [1.82, 2.24) is 31.9 Å². The second-order valence-electron chi connectivity index (χ2n) is 19.8. The summed E-state index contributed by atoms with van der Waals surface area (Å²) in [4.78, 5) is 92.2. The fourth-order valence-electron chi connectivity index (χ4n) is 7.04. The summed E-state index contributed by atoms with van der Waals surface area (Å²) in [6.45, 7) is 17.6. The number of carbonyl (C=O) groups excluding carboxylic acids is 6. The van der Waals surface area contributed by atoms with Gasteiger partial charge in [-0.15, -0.1) is 0 Å². The van der Waals surface area contributed by atoms with E-state index >= 15 is 0 Å². The monoisotopic (exact) mass is 1000 g/mol. The highest BCUT2D eigenvalue weighted by atomic mass is 16.6. The first-order valence-corrected chi connectivity index (χ1v) is 25.0. The Morgan fingerprint density at radius 1 is 0.653 bits per heavy atom. The molecule has 0 spiro atoms. The second-order valence-corrected chi connectivity index (χ2v) is 19.8. The summed E-state index contributed by atoms with van der Waals surface area (Å²) in [5.41, 5.74) is 9.68. The Bertz CT molecular complexity index is 2190. The molecule has 0 fully saturated rings. The number of aryl methyl sites for hydroxylation is 1. The van der Waals surface area contributed by atoms with E-state index < -0.39 is 71.7 Å². The molecule has 6 amide bonds. The third-order valence-corrected chi connectivity index (χ3v) is 11.0. The summed E-state index contributed by atoms with van der Waals surface area (Å²) in [6, 6.07) is 18.3. The highest BCUT2D eigenvalue weighted by Crippen LogP contribution is 2.21. The number of carboxylic acids is 1. The predicted octanol–water partition coefficient (Wildman–Crippen LogP) is 5.79. The van der Waals surface area contributed by atoms with E-state index in [1.165, 1.54) is 5.56 Å². The van der Waals surface area contributed by atoms with Gasteiger partial charge in [0.25, 0.3) is 11.8 Å². The van der Waals surface area contributed by atoms with Gasteiger partial charge in [0.2, 0.25) is 17.7 Å². The van der Waals surface area contributed by atoms with Gasteiger partial charge in [-0.25, -0.2) is 9.59 Å². The molecule has 0 saturated heterocycles. The molecular formula is C54H79N7O11. The molecule has 0 radical (unpaired) electrons. The summed E-state index contributed by atoms with van der Waals surface area (Å²) in [7, 11) is 0. The molecule has 0 heterocycles. The molecule has 18 nitrogen and oxygen atoms in total. The quantitative estimate of drug-likeness (QED) is 0.0292. The Morgan fingerprint density at radius 3 is 1.85 bits per heavy atom. The Kier molecular flexibility index (Phi) is 25.2. The largest absolute Gasteiger partial charge is 0.493 e. The summed E-state index contributed by atoms with van der Waals surface area (Å²) in [5.74, 6) is -3.98. The molecule has 18 heteroatoms. The third-order valence-electron chi connectivity index (χ3n) is 11.0. The van der Waals surface area contributed by atoms with Crippen LogP contribution in [0.15, 0.2) is 72.8 Å². The van der Waals surface area contributed by atoms with Crippen molar-refractivity contribution in [1.29, 1.82) is 0 Å². The number of ether oxygens (including phenoxy) is 3. The van der Waals surface area contributed by atoms with Crippen molar-refractivity contribution in [2.45, 2.75) is 150 Å². The van der Waals surface area contributed by atoms with Gasteiger partial charge in [0.15, 0.2) is 6.17 Å². The molecule has 3 aromatic carbocycles. The van der Waals surface area contributed by atoms with Crippen molar-refractivity contribution in [2.24, 2.45) is 17.6 Å². The first-order valence-electron chi connectivity index (χ1n) is 25.0. The number of nitrogens with one attached hydrogen (secondary N) is 6. The van der Waals surface area contributed by atoms with Crippen molar-refractivity contribution >= 4 is 41.6 Å². The van der Waals surface area contributed by atoms with E-state index in [0.717, 1.165) is 30.4 Å². The van der Waals surface area contributed by atoms with Crippen LogP contribution in [0, 0.1) is 11.8 Å². The van der Waals surface area contributed by atoms with Gasteiger partial charge >= 0.3 is 12.1 Å². The Hall–Kier alpha value is -6.53. The summed E-state index contributed by atoms with van der Waals surface area (Å²) in [6.07, 6.45) is 0.492. The number of amides is 6. The average Bonchev–Trinajstić information content (AvgIpc) is 3.32. The van der Waals surface area contributed by atoms with Gasteiger partial charge in [-0.3, -0.25) is 24.0 Å². The topological polar surface area (TPSA) is 266 Å². The van der Waals surface area contributed by atoms with Crippen LogP contribution in [-0.4, -0.2) is 109 Å². The smallest absolute Gasteiger partial charge is 0.407 e. The maximum Gasteiger partial charge on any atom is 0.407 e. The summed E-state index contributed by atoms with van der Waals surface area (Å²) in [5, 5.41) is 25.5. The van der Waals surface area contributed by atoms with Crippen molar-refractivity contribution in [2.75, 3.05) is 26.3 Å². The van der Waals surface area contributed by atoms with Crippen LogP contribution in [0.4, 0.5) is 4.79 Å². The third kappa shape index (κ3) is 22.7. The first kappa shape index (κ1) is 59.8. The van der Waals surface area contributed by atoms with Crippen LogP contribution >= 0.6 is 0 Å². The molecule has 0 aliphatic rings. The zero-order valence-electron chi connectivity index (χ0n) is 43.6. The zero-order chi connectivity index (χ0) is 53.4. The van der Waals surface area contributed by atoms with Crippen LogP contribution in [-0.2, 0) is 46.3 Å². The summed E-state index contributed by atoms with van der Waals surface area (Å²) >= 11 is 0. The van der Waals surface area contributed by atoms with Gasteiger partial charge in [-0.05, 0) is 118 Å². The molecule has 0 unspecified atom stereocenters. The predicted molar refractivity (Wildman–Crippen MR) is 276 cm³/mol. The van der Waals surface area contributed by atoms with Gasteiger partial charge in [0, 0.05) is 38.1 Å². The van der Waals surface area contributed by atoms with Crippen LogP contribution < -0.4 is 42.4 Å². The van der Waals surface area contributed by atoms with E-state index in [1.54, 1.807) is 64.1 Å². The molecule has 0 aliphatic heterocycles. The Morgan fingerprint density at radius 2 is 1.26 bits per heavy atom. The Labute approximate surface area is 425 Å². The van der Waals surface area contributed by atoms with Crippen molar-refractivity contribution in [3.05, 3.63) is 89.5 Å². The lowest BCUT2D eigenvalue weighted by Gasteiger charge is -2.29. The fraction of sp³-hybridized carbons (Fsp3) is 0.537. The number of benzene rings is 3. The van der Waals surface area contributed by atoms with Gasteiger partial charge in [-0.1, -0.05) is 89.6 Å². The number of hydrogen-bond acceptors (Lipinski definition) is 11. The molecule has 5 atom stereocenters. The van der Waals surface area contributed by atoms with Crippen molar-refractivity contribution in [3.8, 4) is 16.9 Å². The number of aliphatic carboxylic acids is 1. The number of carboxylic acid groups (broad SMARTS) is 1. The van der Waals surface area contributed by atoms with E-state index in [-0.39, 0.29) is 50.8 Å². The molecule has 9 N–H and O–H groups in total. The molecular weight excluding hydrogens is 923 g/mol. The fourth-order valence-corrected chi connectivity index (χ4v) is 7.04. The molecule has 396 valence electrons. The Balaban J connectivity index is 1.70. The highest BCUT2D eigenvalue weighted by molar-refractivity contribution is 5.96. The van der Waals surface area contributed by atoms with Crippen molar-refractivity contribution in [3.63, 3.8) is 0 Å². The van der Waals surface area contributed by atoms with Gasteiger partial charge in [0.1, 0.15) is 29.5 Å². The zero-order valence-corrected chi connectivity index (χ0v) is 43.6. The van der Waals surface area contributed by atoms with Crippen LogP contribution in [0.5, 0.6) is 5.75 Å². The van der Waals surface area contributed by atoms with Gasteiger partial charge in [-0.2, -0.15) is 0 Å². The van der Waals surface area contributed by atoms with Crippen LogP contribution in [0.1, 0.15) is 122 Å². The van der Waals surface area contributed by atoms with Crippen LogP contribution in [0.25, 0.3) is 11.1 Å². The van der Waals surface area contributed by atoms with E-state index in [4.69, 9.17) is 19.9 Å².